The highest BCUT2D eigenvalue weighted by molar-refractivity contribution is 7.10. The Kier molecular flexibility index (Phi) is 5.61. The van der Waals surface area contributed by atoms with E-state index in [2.05, 4.69) is 5.32 Å². The minimum absolute atomic E-state index is 0.0581. The van der Waals surface area contributed by atoms with Crippen LogP contribution in [0, 0.1) is 0 Å². The van der Waals surface area contributed by atoms with Crippen LogP contribution in [-0.4, -0.2) is 31.8 Å². The zero-order valence-electron chi connectivity index (χ0n) is 14.4. The first kappa shape index (κ1) is 18.4. The Morgan fingerprint density at radius 3 is 2.42 bits per heavy atom. The number of hydrogen-bond donors (Lipinski definition) is 2. The molecule has 0 bridgehead atoms. The van der Waals surface area contributed by atoms with Crippen molar-refractivity contribution in [3.63, 3.8) is 0 Å². The number of amides is 1. The number of carbonyl (C=O) groups excluding carboxylic acids is 1. The average molecular weight is 389 g/mol. The van der Waals surface area contributed by atoms with Gasteiger partial charge in [0, 0.05) is 22.1 Å². The summed E-state index contributed by atoms with van der Waals surface area (Å²) in [6, 6.07) is 10.6. The maximum absolute atomic E-state index is 12.6. The lowest BCUT2D eigenvalue weighted by Crippen LogP contribution is -2.41. The summed E-state index contributed by atoms with van der Waals surface area (Å²) >= 11 is 2.95. The van der Waals surface area contributed by atoms with Gasteiger partial charge in [0.2, 0.25) is 0 Å². The molecule has 2 N–H and O–H groups in total. The first-order valence-corrected chi connectivity index (χ1v) is 9.69. The molecule has 0 fully saturated rings. The third-order valence-electron chi connectivity index (χ3n) is 4.05. The summed E-state index contributed by atoms with van der Waals surface area (Å²) in [5, 5.41) is 19.8. The van der Waals surface area contributed by atoms with E-state index in [1.165, 1.54) is 36.9 Å². The van der Waals surface area contributed by atoms with Crippen LogP contribution in [0.15, 0.2) is 52.5 Å². The lowest BCUT2D eigenvalue weighted by molar-refractivity contribution is 0.0720. The molecule has 1 unspecified atom stereocenters. The van der Waals surface area contributed by atoms with Crippen molar-refractivity contribution in [2.75, 3.05) is 20.8 Å². The van der Waals surface area contributed by atoms with E-state index in [1.807, 2.05) is 34.3 Å². The Morgan fingerprint density at radius 1 is 1.15 bits per heavy atom. The second kappa shape index (κ2) is 7.90. The molecule has 26 heavy (non-hydrogen) atoms. The van der Waals surface area contributed by atoms with E-state index in [-0.39, 0.29) is 12.5 Å². The maximum Gasteiger partial charge on any atom is 0.251 e. The van der Waals surface area contributed by atoms with E-state index in [0.29, 0.717) is 17.1 Å². The normalized spacial score (nSPS) is 13.0. The Labute approximate surface area is 159 Å². The Morgan fingerprint density at radius 2 is 1.88 bits per heavy atom. The monoisotopic (exact) mass is 389 g/mol. The predicted octanol–water partition coefficient (Wildman–Crippen LogP) is 3.49. The SMILES string of the molecule is COc1cc(OC)cc(C(=O)NCC(O)(c2ccsc2)c2cccs2)c1. The van der Waals surface area contributed by atoms with Crippen LogP contribution in [0.2, 0.25) is 0 Å². The van der Waals surface area contributed by atoms with Crippen LogP contribution in [0.3, 0.4) is 0 Å². The van der Waals surface area contributed by atoms with Crippen LogP contribution in [0.4, 0.5) is 0 Å². The van der Waals surface area contributed by atoms with E-state index in [0.717, 1.165) is 10.4 Å². The predicted molar refractivity (Wildman–Crippen MR) is 104 cm³/mol. The molecule has 0 aliphatic heterocycles. The number of benzene rings is 1. The summed E-state index contributed by atoms with van der Waals surface area (Å²) in [5.41, 5.74) is -0.110. The molecule has 3 aromatic rings. The highest BCUT2D eigenvalue weighted by Gasteiger charge is 2.33. The Bertz CT molecular complexity index is 803. The van der Waals surface area contributed by atoms with E-state index in [4.69, 9.17) is 9.47 Å². The largest absolute Gasteiger partial charge is 0.497 e. The zero-order chi connectivity index (χ0) is 18.6. The zero-order valence-corrected chi connectivity index (χ0v) is 16.0. The average Bonchev–Trinajstić information content (AvgIpc) is 3.39. The fourth-order valence-electron chi connectivity index (χ4n) is 2.59. The van der Waals surface area contributed by atoms with Gasteiger partial charge in [0.05, 0.1) is 20.8 Å². The third-order valence-corrected chi connectivity index (χ3v) is 5.75. The number of nitrogens with one attached hydrogen (secondary N) is 1. The maximum atomic E-state index is 12.6. The number of ether oxygens (including phenoxy) is 2. The van der Waals surface area contributed by atoms with Crippen molar-refractivity contribution in [3.8, 4) is 11.5 Å². The molecule has 0 saturated heterocycles. The number of methoxy groups -OCH3 is 2. The van der Waals surface area contributed by atoms with Crippen molar-refractivity contribution in [1.29, 1.82) is 0 Å². The summed E-state index contributed by atoms with van der Waals surface area (Å²) in [5.74, 6) is 0.745. The lowest BCUT2D eigenvalue weighted by Gasteiger charge is -2.27. The van der Waals surface area contributed by atoms with E-state index < -0.39 is 5.60 Å². The smallest absolute Gasteiger partial charge is 0.251 e. The standard InChI is InChI=1S/C19H19NO4S2/c1-23-15-8-13(9-16(10-15)24-2)18(21)20-12-19(22,14-5-7-25-11-14)17-4-3-6-26-17/h3-11,22H,12H2,1-2H3,(H,20,21). The molecule has 2 aromatic heterocycles. The summed E-state index contributed by atoms with van der Waals surface area (Å²) in [4.78, 5) is 13.4. The van der Waals surface area contributed by atoms with Crippen LogP contribution < -0.4 is 14.8 Å². The van der Waals surface area contributed by atoms with Crippen LogP contribution >= 0.6 is 22.7 Å². The van der Waals surface area contributed by atoms with Gasteiger partial charge in [-0.3, -0.25) is 4.79 Å². The molecule has 0 aliphatic rings. The van der Waals surface area contributed by atoms with Crippen LogP contribution in [0.5, 0.6) is 11.5 Å². The molecule has 1 aromatic carbocycles. The number of aliphatic hydroxyl groups is 1. The van der Waals surface area contributed by atoms with Crippen molar-refractivity contribution >= 4 is 28.6 Å². The molecule has 1 amide bonds. The number of thiophene rings is 2. The summed E-state index contributed by atoms with van der Waals surface area (Å²) < 4.78 is 10.4. The van der Waals surface area contributed by atoms with Crippen molar-refractivity contribution in [1.82, 2.24) is 5.32 Å². The van der Waals surface area contributed by atoms with Gasteiger partial charge in [0.25, 0.3) is 5.91 Å². The molecule has 5 nitrogen and oxygen atoms in total. The molecule has 2 heterocycles. The molecular weight excluding hydrogens is 370 g/mol. The van der Waals surface area contributed by atoms with Crippen molar-refractivity contribution in [3.05, 3.63) is 68.5 Å². The molecule has 0 radical (unpaired) electrons. The van der Waals surface area contributed by atoms with Crippen LogP contribution in [-0.2, 0) is 5.60 Å². The van der Waals surface area contributed by atoms with Gasteiger partial charge in [-0.25, -0.2) is 0 Å². The first-order valence-electron chi connectivity index (χ1n) is 7.87. The molecular formula is C19H19NO4S2. The first-order chi connectivity index (χ1) is 12.6. The van der Waals surface area contributed by atoms with Crippen LogP contribution in [0.1, 0.15) is 20.8 Å². The molecule has 7 heteroatoms. The highest BCUT2D eigenvalue weighted by Crippen LogP contribution is 2.33. The number of rotatable bonds is 7. The molecule has 1 atom stereocenters. The Balaban J connectivity index is 1.83. The molecule has 0 aliphatic carbocycles. The van der Waals surface area contributed by atoms with Crippen LogP contribution in [0.25, 0.3) is 0 Å². The van der Waals surface area contributed by atoms with E-state index in [1.54, 1.807) is 18.2 Å². The van der Waals surface area contributed by atoms with Gasteiger partial charge in [-0.15, -0.1) is 11.3 Å². The number of carbonyl (C=O) groups is 1. The van der Waals surface area contributed by atoms with Crippen molar-refractivity contribution in [2.24, 2.45) is 0 Å². The summed E-state index contributed by atoms with van der Waals surface area (Å²) in [6.45, 7) is 0.0581. The molecule has 3 rings (SSSR count). The fraction of sp³-hybridized carbons (Fsp3) is 0.211. The van der Waals surface area contributed by atoms with Gasteiger partial charge >= 0.3 is 0 Å². The van der Waals surface area contributed by atoms with Crippen molar-refractivity contribution < 1.29 is 19.4 Å². The molecule has 0 spiro atoms. The van der Waals surface area contributed by atoms with Gasteiger partial charge in [-0.1, -0.05) is 6.07 Å². The summed E-state index contributed by atoms with van der Waals surface area (Å²) in [7, 11) is 3.06. The second-order valence-corrected chi connectivity index (χ2v) is 7.36. The lowest BCUT2D eigenvalue weighted by atomic mass is 9.94. The van der Waals surface area contributed by atoms with Gasteiger partial charge in [-0.05, 0) is 40.4 Å². The second-order valence-electron chi connectivity index (χ2n) is 5.63. The van der Waals surface area contributed by atoms with E-state index in [9.17, 15) is 9.90 Å². The quantitative estimate of drug-likeness (QED) is 0.649. The Hall–Kier alpha value is -2.35. The van der Waals surface area contributed by atoms with Gasteiger partial charge in [0.15, 0.2) is 0 Å². The minimum atomic E-state index is -1.27. The van der Waals surface area contributed by atoms with Gasteiger partial charge in [-0.2, -0.15) is 11.3 Å². The minimum Gasteiger partial charge on any atom is -0.497 e. The third kappa shape index (κ3) is 3.75. The molecule has 0 saturated carbocycles. The fourth-order valence-corrected chi connectivity index (χ4v) is 4.16. The summed E-state index contributed by atoms with van der Waals surface area (Å²) in [6.07, 6.45) is 0. The highest BCUT2D eigenvalue weighted by atomic mass is 32.1. The topological polar surface area (TPSA) is 67.8 Å². The number of hydrogen-bond acceptors (Lipinski definition) is 6. The van der Waals surface area contributed by atoms with Gasteiger partial charge in [0.1, 0.15) is 17.1 Å². The molecule has 136 valence electrons. The van der Waals surface area contributed by atoms with E-state index >= 15 is 0 Å². The van der Waals surface area contributed by atoms with Crippen molar-refractivity contribution in [2.45, 2.75) is 5.60 Å². The van der Waals surface area contributed by atoms with Gasteiger partial charge < -0.3 is 19.9 Å².